The van der Waals surface area contributed by atoms with Gasteiger partial charge in [-0.25, -0.2) is 0 Å². The first-order valence-corrected chi connectivity index (χ1v) is 3.76. The lowest BCUT2D eigenvalue weighted by Gasteiger charge is -2.15. The van der Waals surface area contributed by atoms with Crippen LogP contribution in [0.3, 0.4) is 0 Å². The quantitative estimate of drug-likeness (QED) is 0.408. The van der Waals surface area contributed by atoms with Crippen LogP contribution >= 0.6 is 0 Å². The van der Waals surface area contributed by atoms with Crippen molar-refractivity contribution in [2.24, 2.45) is 5.92 Å². The molecular formula is C8H10O3. The molecule has 0 aromatic heterocycles. The Hall–Kier alpha value is -0.990. The minimum Gasteiger partial charge on any atom is -0.299 e. The van der Waals surface area contributed by atoms with Crippen molar-refractivity contribution in [3.8, 4) is 0 Å². The van der Waals surface area contributed by atoms with E-state index in [1.165, 1.54) is 0 Å². The first-order chi connectivity index (χ1) is 5.16. The fourth-order valence-electron chi connectivity index (χ4n) is 1.29. The number of rotatable bonds is 1. The summed E-state index contributed by atoms with van der Waals surface area (Å²) in [6, 6.07) is 0. The van der Waals surface area contributed by atoms with Gasteiger partial charge in [-0.05, 0) is 6.42 Å². The maximum atomic E-state index is 11.0. The number of carbonyl (C=O) groups excluding carboxylic acids is 3. The van der Waals surface area contributed by atoms with Crippen LogP contribution in [0.4, 0.5) is 0 Å². The lowest BCUT2D eigenvalue weighted by molar-refractivity contribution is -0.146. The summed E-state index contributed by atoms with van der Waals surface area (Å²) in [5.74, 6) is -1.56. The molecule has 1 fully saturated rings. The molecule has 3 nitrogen and oxygen atoms in total. The van der Waals surface area contributed by atoms with E-state index in [4.69, 9.17) is 0 Å². The van der Waals surface area contributed by atoms with Crippen molar-refractivity contribution in [1.82, 2.24) is 0 Å². The van der Waals surface area contributed by atoms with Crippen molar-refractivity contribution >= 4 is 17.3 Å². The standard InChI is InChI=1S/C8H10O3/c1-2-5-6(9)3-4-7(10)8(5)11/h5H,2-4H2,1H3. The van der Waals surface area contributed by atoms with E-state index < -0.39 is 11.7 Å². The van der Waals surface area contributed by atoms with Gasteiger partial charge in [-0.3, -0.25) is 14.4 Å². The maximum absolute atomic E-state index is 11.0. The van der Waals surface area contributed by atoms with E-state index in [1.54, 1.807) is 6.92 Å². The van der Waals surface area contributed by atoms with Crippen molar-refractivity contribution in [2.75, 3.05) is 0 Å². The van der Waals surface area contributed by atoms with Crippen LogP contribution < -0.4 is 0 Å². The lowest BCUT2D eigenvalue weighted by Crippen LogP contribution is -2.35. The van der Waals surface area contributed by atoms with Crippen molar-refractivity contribution in [3.63, 3.8) is 0 Å². The Bertz CT molecular complexity index is 217. The highest BCUT2D eigenvalue weighted by Gasteiger charge is 2.34. The Balaban J connectivity index is 2.79. The molecule has 0 amide bonds. The Labute approximate surface area is 64.8 Å². The van der Waals surface area contributed by atoms with Gasteiger partial charge >= 0.3 is 0 Å². The van der Waals surface area contributed by atoms with E-state index in [-0.39, 0.29) is 24.4 Å². The summed E-state index contributed by atoms with van der Waals surface area (Å²) in [6.07, 6.45) is 0.834. The largest absolute Gasteiger partial charge is 0.299 e. The van der Waals surface area contributed by atoms with Crippen LogP contribution in [-0.2, 0) is 14.4 Å². The normalized spacial score (nSPS) is 25.9. The molecule has 1 rings (SSSR count). The van der Waals surface area contributed by atoms with Crippen molar-refractivity contribution < 1.29 is 14.4 Å². The smallest absolute Gasteiger partial charge is 0.208 e. The molecule has 1 atom stereocenters. The summed E-state index contributed by atoms with van der Waals surface area (Å²) in [4.78, 5) is 32.8. The van der Waals surface area contributed by atoms with Gasteiger partial charge in [-0.1, -0.05) is 6.92 Å². The lowest BCUT2D eigenvalue weighted by atomic mass is 9.84. The highest BCUT2D eigenvalue weighted by Crippen LogP contribution is 2.17. The Kier molecular flexibility index (Phi) is 2.17. The average molecular weight is 154 g/mol. The van der Waals surface area contributed by atoms with Crippen LogP contribution in [0.5, 0.6) is 0 Å². The van der Waals surface area contributed by atoms with E-state index in [0.717, 1.165) is 0 Å². The third-order valence-corrected chi connectivity index (χ3v) is 1.99. The SMILES string of the molecule is CCC1C(=O)CCC(=O)C1=O. The Morgan fingerprint density at radius 1 is 1.27 bits per heavy atom. The molecule has 0 aliphatic heterocycles. The third kappa shape index (κ3) is 1.37. The molecule has 0 spiro atoms. The number of carbonyl (C=O) groups is 3. The minimum absolute atomic E-state index is 0.0721. The van der Waals surface area contributed by atoms with Crippen molar-refractivity contribution in [1.29, 1.82) is 0 Å². The predicted molar refractivity (Wildman–Crippen MR) is 38.0 cm³/mol. The molecule has 0 N–H and O–H groups in total. The third-order valence-electron chi connectivity index (χ3n) is 1.99. The van der Waals surface area contributed by atoms with Gasteiger partial charge in [0.25, 0.3) is 0 Å². The highest BCUT2D eigenvalue weighted by atomic mass is 16.2. The van der Waals surface area contributed by atoms with Gasteiger partial charge in [0.2, 0.25) is 5.78 Å². The number of Topliss-reactive ketones (excluding diaryl/α,β-unsaturated/α-hetero) is 3. The first-order valence-electron chi connectivity index (χ1n) is 3.76. The van der Waals surface area contributed by atoms with Gasteiger partial charge in [-0.15, -0.1) is 0 Å². The molecule has 1 unspecified atom stereocenters. The van der Waals surface area contributed by atoms with E-state index in [2.05, 4.69) is 0 Å². The zero-order valence-corrected chi connectivity index (χ0v) is 6.42. The second kappa shape index (κ2) is 2.95. The summed E-state index contributed by atoms with van der Waals surface area (Å²) in [5, 5.41) is 0. The molecule has 0 heterocycles. The molecule has 0 aromatic rings. The number of hydrogen-bond donors (Lipinski definition) is 0. The zero-order chi connectivity index (χ0) is 8.43. The average Bonchev–Trinajstić information content (AvgIpc) is 1.99. The molecule has 1 aliphatic rings. The molecule has 1 aliphatic carbocycles. The molecule has 60 valence electrons. The monoisotopic (exact) mass is 154 g/mol. The summed E-state index contributed by atoms with van der Waals surface area (Å²) < 4.78 is 0. The van der Waals surface area contributed by atoms with Gasteiger partial charge in [0, 0.05) is 12.8 Å². The maximum Gasteiger partial charge on any atom is 0.208 e. The molecule has 11 heavy (non-hydrogen) atoms. The number of hydrogen-bond acceptors (Lipinski definition) is 3. The van der Waals surface area contributed by atoms with Crippen molar-refractivity contribution in [2.45, 2.75) is 26.2 Å². The summed E-state index contributed by atoms with van der Waals surface area (Å²) in [6.45, 7) is 1.75. The van der Waals surface area contributed by atoms with Gasteiger partial charge in [-0.2, -0.15) is 0 Å². The number of ketones is 3. The van der Waals surface area contributed by atoms with Crippen LogP contribution in [0.1, 0.15) is 26.2 Å². The Morgan fingerprint density at radius 2 is 1.91 bits per heavy atom. The van der Waals surface area contributed by atoms with Crippen LogP contribution in [0.15, 0.2) is 0 Å². The molecule has 0 saturated heterocycles. The van der Waals surface area contributed by atoms with Crippen LogP contribution in [0.25, 0.3) is 0 Å². The summed E-state index contributed by atoms with van der Waals surface area (Å²) in [5.41, 5.74) is 0. The molecule has 0 aromatic carbocycles. The van der Waals surface area contributed by atoms with Crippen LogP contribution in [0.2, 0.25) is 0 Å². The Morgan fingerprint density at radius 3 is 2.36 bits per heavy atom. The summed E-state index contributed by atoms with van der Waals surface area (Å²) in [7, 11) is 0. The van der Waals surface area contributed by atoms with E-state index in [1.807, 2.05) is 0 Å². The second-order valence-corrected chi connectivity index (χ2v) is 2.71. The van der Waals surface area contributed by atoms with Gasteiger partial charge in [0.15, 0.2) is 5.78 Å². The van der Waals surface area contributed by atoms with Crippen LogP contribution in [-0.4, -0.2) is 17.3 Å². The minimum atomic E-state index is -0.628. The molecule has 0 radical (unpaired) electrons. The molecule has 3 heteroatoms. The highest BCUT2D eigenvalue weighted by molar-refractivity contribution is 6.43. The van der Waals surface area contributed by atoms with E-state index >= 15 is 0 Å². The predicted octanol–water partition coefficient (Wildman–Crippen LogP) is 0.514. The van der Waals surface area contributed by atoms with Gasteiger partial charge < -0.3 is 0 Å². The van der Waals surface area contributed by atoms with Crippen LogP contribution in [0, 0.1) is 5.92 Å². The molecule has 1 saturated carbocycles. The van der Waals surface area contributed by atoms with Gasteiger partial charge in [0.1, 0.15) is 5.78 Å². The summed E-state index contributed by atoms with van der Waals surface area (Å²) >= 11 is 0. The molecular weight excluding hydrogens is 144 g/mol. The van der Waals surface area contributed by atoms with Crippen molar-refractivity contribution in [3.05, 3.63) is 0 Å². The van der Waals surface area contributed by atoms with E-state index in [9.17, 15) is 14.4 Å². The fraction of sp³-hybridized carbons (Fsp3) is 0.625. The first kappa shape index (κ1) is 8.11. The molecule has 0 bridgehead atoms. The van der Waals surface area contributed by atoms with Gasteiger partial charge in [0.05, 0.1) is 5.92 Å². The fourth-order valence-corrected chi connectivity index (χ4v) is 1.29. The van der Waals surface area contributed by atoms with E-state index in [0.29, 0.717) is 6.42 Å². The second-order valence-electron chi connectivity index (χ2n) is 2.71. The zero-order valence-electron chi connectivity index (χ0n) is 6.42. The topological polar surface area (TPSA) is 51.2 Å².